The Kier molecular flexibility index (Phi) is 7.35. The van der Waals surface area contributed by atoms with Gasteiger partial charge < -0.3 is 19.8 Å². The number of H-pyrrole nitrogens is 1. The number of fused-ring (bicyclic) bond motifs is 1. The van der Waals surface area contributed by atoms with Crippen LogP contribution in [0.5, 0.6) is 0 Å². The summed E-state index contributed by atoms with van der Waals surface area (Å²) in [6.45, 7) is 0.783. The van der Waals surface area contributed by atoms with Gasteiger partial charge in [0.15, 0.2) is 11.1 Å². The predicted molar refractivity (Wildman–Crippen MR) is 115 cm³/mol. The maximum Gasteiger partial charge on any atom is 0.262 e. The van der Waals surface area contributed by atoms with Gasteiger partial charge in [-0.25, -0.2) is 0 Å². The molecular formula is C21H27N3O4S. The third-order valence-corrected chi connectivity index (χ3v) is 5.56. The largest absolute Gasteiger partial charge is 0.354 e. The number of aromatic amines is 1. The fourth-order valence-corrected chi connectivity index (χ4v) is 3.81. The van der Waals surface area contributed by atoms with E-state index in [1.807, 2.05) is 0 Å². The Morgan fingerprint density at radius 2 is 2.10 bits per heavy atom. The fourth-order valence-electron chi connectivity index (χ4n) is 3.53. The molecule has 7 nitrogen and oxygen atoms in total. The minimum absolute atomic E-state index is 0.133. The molecule has 0 bridgehead atoms. The molecule has 1 amide bonds. The van der Waals surface area contributed by atoms with Gasteiger partial charge in [0.1, 0.15) is 0 Å². The van der Waals surface area contributed by atoms with Gasteiger partial charge in [0, 0.05) is 26.3 Å². The number of nitrogens with zero attached hydrogens (tertiary/aromatic N) is 1. The topological polar surface area (TPSA) is 85.4 Å². The van der Waals surface area contributed by atoms with Gasteiger partial charge in [-0.3, -0.25) is 14.2 Å². The van der Waals surface area contributed by atoms with E-state index in [9.17, 15) is 9.59 Å². The van der Waals surface area contributed by atoms with Gasteiger partial charge in [0.25, 0.3) is 11.5 Å². The molecule has 0 atom stereocenters. The second kappa shape index (κ2) is 9.96. The monoisotopic (exact) mass is 417 g/mol. The fraction of sp³-hybridized carbons (Fsp3) is 0.476. The molecule has 1 heterocycles. The van der Waals surface area contributed by atoms with Crippen LogP contribution in [0.4, 0.5) is 0 Å². The Hall–Kier alpha value is -2.29. The highest BCUT2D eigenvalue weighted by atomic mass is 32.1. The molecular weight excluding hydrogens is 390 g/mol. The van der Waals surface area contributed by atoms with Crippen molar-refractivity contribution in [1.82, 2.24) is 14.9 Å². The van der Waals surface area contributed by atoms with Crippen molar-refractivity contribution in [2.24, 2.45) is 0 Å². The molecule has 0 unspecified atom stereocenters. The van der Waals surface area contributed by atoms with Crippen molar-refractivity contribution in [3.8, 4) is 0 Å². The summed E-state index contributed by atoms with van der Waals surface area (Å²) >= 11 is 5.41. The van der Waals surface area contributed by atoms with Gasteiger partial charge in [-0.15, -0.1) is 0 Å². The number of aromatic nitrogens is 2. The number of methoxy groups -OCH3 is 2. The van der Waals surface area contributed by atoms with Crippen LogP contribution in [-0.4, -0.2) is 42.5 Å². The average Bonchev–Trinajstić information content (AvgIpc) is 2.74. The molecule has 2 N–H and O–H groups in total. The molecule has 8 heteroatoms. The first-order valence-electron chi connectivity index (χ1n) is 9.82. The summed E-state index contributed by atoms with van der Waals surface area (Å²) in [6, 6.07) is 4.95. The molecule has 0 spiro atoms. The van der Waals surface area contributed by atoms with E-state index in [4.69, 9.17) is 21.7 Å². The number of carbonyl (C=O) groups excluding carboxylic acids is 1. The number of allylic oxidation sites excluding steroid dienone is 2. The van der Waals surface area contributed by atoms with Crippen molar-refractivity contribution in [3.63, 3.8) is 0 Å². The highest BCUT2D eigenvalue weighted by Gasteiger charge is 2.13. The smallest absolute Gasteiger partial charge is 0.262 e. The molecule has 0 saturated heterocycles. The van der Waals surface area contributed by atoms with Crippen LogP contribution in [0, 0.1) is 4.77 Å². The van der Waals surface area contributed by atoms with Crippen LogP contribution < -0.4 is 10.9 Å². The van der Waals surface area contributed by atoms with Crippen LogP contribution in [-0.2, 0) is 16.0 Å². The standard InChI is InChI=1S/C21H27N3O4S/c1-27-18(28-2)13-22-19(25)15-8-9-16-17(12-15)23-21(29)24(20(16)26)11-10-14-6-4-3-5-7-14/h6,8-9,12,18H,3-5,7,10-11,13H2,1-2H3,(H,22,25)(H,23,29). The third-order valence-electron chi connectivity index (χ3n) is 5.24. The van der Waals surface area contributed by atoms with Crippen LogP contribution in [0.25, 0.3) is 10.9 Å². The molecule has 156 valence electrons. The lowest BCUT2D eigenvalue weighted by molar-refractivity contribution is -0.0974. The van der Waals surface area contributed by atoms with E-state index in [0.29, 0.717) is 27.8 Å². The van der Waals surface area contributed by atoms with E-state index in [2.05, 4.69) is 16.4 Å². The maximum absolute atomic E-state index is 12.9. The Labute approximate surface area is 174 Å². The molecule has 1 aromatic heterocycles. The number of hydrogen-bond donors (Lipinski definition) is 2. The average molecular weight is 418 g/mol. The molecule has 1 aromatic carbocycles. The third kappa shape index (κ3) is 5.20. The SMILES string of the molecule is COC(CNC(=O)c1ccc2c(=O)n(CCC3=CCCCC3)c(=S)[nH]c2c1)OC. The van der Waals surface area contributed by atoms with E-state index >= 15 is 0 Å². The zero-order valence-corrected chi connectivity index (χ0v) is 17.6. The molecule has 3 rings (SSSR count). The van der Waals surface area contributed by atoms with Crippen molar-refractivity contribution in [2.75, 3.05) is 20.8 Å². The van der Waals surface area contributed by atoms with E-state index in [1.165, 1.54) is 32.6 Å². The van der Waals surface area contributed by atoms with E-state index in [-0.39, 0.29) is 18.0 Å². The number of hydrogen-bond acceptors (Lipinski definition) is 5. The number of carbonyl (C=O) groups is 1. The second-order valence-electron chi connectivity index (χ2n) is 7.12. The minimum atomic E-state index is -0.517. The van der Waals surface area contributed by atoms with Gasteiger partial charge in [-0.2, -0.15) is 0 Å². The summed E-state index contributed by atoms with van der Waals surface area (Å²) < 4.78 is 12.1. The number of ether oxygens (including phenoxy) is 2. The van der Waals surface area contributed by atoms with E-state index < -0.39 is 6.29 Å². The summed E-state index contributed by atoms with van der Waals surface area (Å²) in [5.41, 5.74) is 2.25. The van der Waals surface area contributed by atoms with Crippen molar-refractivity contribution in [2.45, 2.75) is 44.9 Å². The molecule has 0 saturated carbocycles. The van der Waals surface area contributed by atoms with Crippen LogP contribution in [0.1, 0.15) is 42.5 Å². The van der Waals surface area contributed by atoms with Gasteiger partial charge in [0.05, 0.1) is 17.4 Å². The first-order chi connectivity index (χ1) is 14.0. The molecule has 0 aliphatic heterocycles. The number of benzene rings is 1. The summed E-state index contributed by atoms with van der Waals surface area (Å²) in [7, 11) is 3.01. The summed E-state index contributed by atoms with van der Waals surface area (Å²) in [5.74, 6) is -0.279. The van der Waals surface area contributed by atoms with Crippen molar-refractivity contribution < 1.29 is 14.3 Å². The zero-order valence-electron chi connectivity index (χ0n) is 16.8. The van der Waals surface area contributed by atoms with Crippen molar-refractivity contribution in [1.29, 1.82) is 0 Å². The lowest BCUT2D eigenvalue weighted by Crippen LogP contribution is -2.34. The first kappa shape index (κ1) is 21.4. The molecule has 29 heavy (non-hydrogen) atoms. The molecule has 0 fully saturated rings. The van der Waals surface area contributed by atoms with Crippen LogP contribution >= 0.6 is 12.2 Å². The quantitative estimate of drug-likeness (QED) is 0.391. The Bertz CT molecular complexity index is 1020. The summed E-state index contributed by atoms with van der Waals surface area (Å²) in [5, 5.41) is 3.26. The molecule has 2 aromatic rings. The number of amides is 1. The van der Waals surface area contributed by atoms with Crippen LogP contribution in [0.2, 0.25) is 0 Å². The van der Waals surface area contributed by atoms with E-state index in [1.54, 1.807) is 22.8 Å². The number of rotatable bonds is 8. The Balaban J connectivity index is 1.79. The molecule has 1 aliphatic carbocycles. The highest BCUT2D eigenvalue weighted by Crippen LogP contribution is 2.20. The van der Waals surface area contributed by atoms with Gasteiger partial charge in [0.2, 0.25) is 0 Å². The molecule has 1 aliphatic rings. The normalized spacial score (nSPS) is 14.2. The minimum Gasteiger partial charge on any atom is -0.354 e. The van der Waals surface area contributed by atoms with Crippen molar-refractivity contribution in [3.05, 3.63) is 50.5 Å². The lowest BCUT2D eigenvalue weighted by Gasteiger charge is -2.15. The second-order valence-corrected chi connectivity index (χ2v) is 7.50. The Morgan fingerprint density at radius 1 is 1.31 bits per heavy atom. The van der Waals surface area contributed by atoms with Crippen LogP contribution in [0.15, 0.2) is 34.6 Å². The highest BCUT2D eigenvalue weighted by molar-refractivity contribution is 7.71. The number of nitrogens with one attached hydrogen (secondary N) is 2. The predicted octanol–water partition coefficient (Wildman–Crippen LogP) is 3.30. The van der Waals surface area contributed by atoms with Crippen LogP contribution in [0.3, 0.4) is 0 Å². The van der Waals surface area contributed by atoms with E-state index in [0.717, 1.165) is 19.3 Å². The van der Waals surface area contributed by atoms with Crippen molar-refractivity contribution >= 4 is 29.0 Å². The summed E-state index contributed by atoms with van der Waals surface area (Å²) in [4.78, 5) is 28.4. The first-order valence-corrected chi connectivity index (χ1v) is 10.2. The van der Waals surface area contributed by atoms with Gasteiger partial charge in [-0.1, -0.05) is 11.6 Å². The Morgan fingerprint density at radius 3 is 2.79 bits per heavy atom. The van der Waals surface area contributed by atoms with Gasteiger partial charge >= 0.3 is 0 Å². The molecule has 0 radical (unpaired) electrons. The summed E-state index contributed by atoms with van der Waals surface area (Å²) in [6.07, 6.45) is 7.28. The van der Waals surface area contributed by atoms with Gasteiger partial charge in [-0.05, 0) is 62.5 Å². The lowest BCUT2D eigenvalue weighted by atomic mass is 9.97. The zero-order chi connectivity index (χ0) is 20.8. The maximum atomic E-state index is 12.9.